The Labute approximate surface area is 264 Å². The highest BCUT2D eigenvalue weighted by Gasteiger charge is 2.74. The molecule has 6 rings (SSSR count). The molecule has 46 heavy (non-hydrogen) atoms. The largest absolute Gasteiger partial charge is 0.462 e. The minimum Gasteiger partial charge on any atom is -0.462 e. The molecule has 0 unspecified atom stereocenters. The van der Waals surface area contributed by atoms with Crippen LogP contribution in [0.1, 0.15) is 37.8 Å². The fourth-order valence-electron chi connectivity index (χ4n) is 6.74. The number of hydrogen-bond acceptors (Lipinski definition) is 13. The number of hydroxylamine groups is 2. The second-order valence-corrected chi connectivity index (χ2v) is 12.7. The normalized spacial score (nSPS) is 32.5. The Morgan fingerprint density at radius 2 is 1.83 bits per heavy atom. The van der Waals surface area contributed by atoms with Crippen molar-refractivity contribution in [3.63, 3.8) is 0 Å². The summed E-state index contributed by atoms with van der Waals surface area (Å²) in [6.45, 7) is 3.78. The molecule has 5 aliphatic rings. The lowest BCUT2D eigenvalue weighted by atomic mass is 9.62. The van der Waals surface area contributed by atoms with Gasteiger partial charge in [0.15, 0.2) is 6.04 Å². The predicted octanol–water partition coefficient (Wildman–Crippen LogP) is -0.649. The quantitative estimate of drug-likeness (QED) is 0.157. The molecule has 2 amide bonds. The van der Waals surface area contributed by atoms with Crippen molar-refractivity contribution in [2.75, 3.05) is 33.1 Å². The van der Waals surface area contributed by atoms with Crippen molar-refractivity contribution in [3.05, 3.63) is 41.5 Å². The maximum Gasteiger partial charge on any atom is 0.348 e. The lowest BCUT2D eigenvalue weighted by molar-refractivity contribution is -0.201. The zero-order valence-corrected chi connectivity index (χ0v) is 25.5. The van der Waals surface area contributed by atoms with Gasteiger partial charge in [0, 0.05) is 37.4 Å². The topological polar surface area (TPSA) is 188 Å². The number of benzene rings is 1. The summed E-state index contributed by atoms with van der Waals surface area (Å²) in [5, 5.41) is 15.7. The van der Waals surface area contributed by atoms with E-state index in [-0.39, 0.29) is 58.4 Å². The van der Waals surface area contributed by atoms with Gasteiger partial charge in [0.25, 0.3) is 0 Å². The number of amides is 2. The number of rotatable bonds is 11. The first-order chi connectivity index (χ1) is 22.0. The van der Waals surface area contributed by atoms with Crippen molar-refractivity contribution in [2.45, 2.75) is 69.8 Å². The first kappa shape index (κ1) is 32.1. The predicted molar refractivity (Wildman–Crippen MR) is 154 cm³/mol. The number of aliphatic hydroxyl groups excluding tert-OH is 1. The van der Waals surface area contributed by atoms with Gasteiger partial charge in [-0.1, -0.05) is 38.1 Å². The third-order valence-corrected chi connectivity index (χ3v) is 9.04. The smallest absolute Gasteiger partial charge is 0.348 e. The molecule has 248 valence electrons. The molecular weight excluding hydrogens is 606 g/mol. The van der Waals surface area contributed by atoms with Crippen LogP contribution in [0.15, 0.2) is 30.3 Å². The van der Waals surface area contributed by atoms with Crippen molar-refractivity contribution in [1.82, 2.24) is 15.7 Å². The number of carbonyl (C=O) groups is 5. The van der Waals surface area contributed by atoms with Gasteiger partial charge in [-0.3, -0.25) is 19.2 Å². The van der Waals surface area contributed by atoms with Crippen LogP contribution in [-0.4, -0.2) is 110 Å². The Balaban J connectivity index is 1.14. The second-order valence-electron chi connectivity index (χ2n) is 12.7. The van der Waals surface area contributed by atoms with E-state index in [0.717, 1.165) is 5.56 Å². The van der Waals surface area contributed by atoms with Crippen molar-refractivity contribution in [3.8, 4) is 0 Å². The molecule has 0 spiro atoms. The zero-order chi connectivity index (χ0) is 32.6. The van der Waals surface area contributed by atoms with Gasteiger partial charge in [-0.25, -0.2) is 9.59 Å². The van der Waals surface area contributed by atoms with Crippen LogP contribution in [0.25, 0.3) is 6.08 Å². The van der Waals surface area contributed by atoms with Crippen LogP contribution >= 0.6 is 0 Å². The molecule has 15 heteroatoms. The van der Waals surface area contributed by atoms with E-state index in [4.69, 9.17) is 33.6 Å². The van der Waals surface area contributed by atoms with Gasteiger partial charge in [0.05, 0.1) is 13.2 Å². The molecule has 1 aromatic rings. The molecular formula is C31H37N3O12. The molecule has 0 aromatic heterocycles. The fourth-order valence-corrected chi connectivity index (χ4v) is 6.74. The minimum atomic E-state index is -1.35. The average molecular weight is 644 g/mol. The number of esters is 3. The van der Waals surface area contributed by atoms with Gasteiger partial charge in [0.2, 0.25) is 17.9 Å². The number of ether oxygens (including phenoxy) is 5. The average Bonchev–Trinajstić information content (AvgIpc) is 3.72. The minimum absolute atomic E-state index is 0.00904. The molecule has 4 saturated heterocycles. The van der Waals surface area contributed by atoms with E-state index < -0.39 is 71.2 Å². The van der Waals surface area contributed by atoms with Crippen molar-refractivity contribution < 1.29 is 57.6 Å². The number of hydrogen-bond donors (Lipinski definition) is 3. The SMILES string of the molecule is CC1(C)COC(=O)[C@@H]1OC(=O)C=Cc1ccc(CN2O[C@@H]3[C@H]4OCO[C@H]4[C@H]4C[C@]3(C(=O)NCCC(=O)NCCO)[C@@H]2C(=O)O4)cc1. The molecule has 2 bridgehead atoms. The Hall–Kier alpha value is -3.89. The van der Waals surface area contributed by atoms with Gasteiger partial charge in [-0.05, 0) is 17.2 Å². The third-order valence-electron chi connectivity index (χ3n) is 9.04. The van der Waals surface area contributed by atoms with Gasteiger partial charge in [0.1, 0.15) is 43.2 Å². The fraction of sp³-hybridized carbons (Fsp3) is 0.581. The van der Waals surface area contributed by atoms with E-state index in [1.54, 1.807) is 44.2 Å². The van der Waals surface area contributed by atoms with Crippen LogP contribution in [0.5, 0.6) is 0 Å². The summed E-state index contributed by atoms with van der Waals surface area (Å²) in [5.41, 5.74) is -0.528. The van der Waals surface area contributed by atoms with Crippen molar-refractivity contribution >= 4 is 35.8 Å². The van der Waals surface area contributed by atoms with Crippen LogP contribution in [0.2, 0.25) is 0 Å². The number of fused-ring (bicyclic) bond motifs is 4. The van der Waals surface area contributed by atoms with Gasteiger partial charge in [-0.2, -0.15) is 5.06 Å². The molecule has 1 saturated carbocycles. The lowest BCUT2D eigenvalue weighted by Crippen LogP contribution is -2.69. The molecule has 7 atom stereocenters. The van der Waals surface area contributed by atoms with Crippen molar-refractivity contribution in [1.29, 1.82) is 0 Å². The first-order valence-electron chi connectivity index (χ1n) is 15.2. The number of nitrogens with one attached hydrogen (secondary N) is 2. The van der Waals surface area contributed by atoms with E-state index in [0.29, 0.717) is 5.56 Å². The highest BCUT2D eigenvalue weighted by Crippen LogP contribution is 2.55. The summed E-state index contributed by atoms with van der Waals surface area (Å²) in [6.07, 6.45) is -0.803. The number of cyclic esters (lactones) is 1. The molecule has 4 aliphatic heterocycles. The van der Waals surface area contributed by atoms with Crippen LogP contribution < -0.4 is 10.6 Å². The monoisotopic (exact) mass is 643 g/mol. The van der Waals surface area contributed by atoms with Crippen LogP contribution in [0.3, 0.4) is 0 Å². The summed E-state index contributed by atoms with van der Waals surface area (Å²) in [6, 6.07) is 6.03. The summed E-state index contributed by atoms with van der Waals surface area (Å²) < 4.78 is 27.6. The molecule has 15 nitrogen and oxygen atoms in total. The Bertz CT molecular complexity index is 1410. The Morgan fingerprint density at radius 3 is 2.54 bits per heavy atom. The molecule has 0 radical (unpaired) electrons. The van der Waals surface area contributed by atoms with Gasteiger partial charge >= 0.3 is 17.9 Å². The van der Waals surface area contributed by atoms with Crippen LogP contribution in [-0.2, 0) is 59.0 Å². The van der Waals surface area contributed by atoms with E-state index in [1.807, 2.05) is 0 Å². The Morgan fingerprint density at radius 1 is 1.07 bits per heavy atom. The van der Waals surface area contributed by atoms with E-state index in [9.17, 15) is 24.0 Å². The lowest BCUT2D eigenvalue weighted by Gasteiger charge is -2.48. The number of aliphatic hydroxyl groups is 1. The second kappa shape index (κ2) is 12.7. The summed E-state index contributed by atoms with van der Waals surface area (Å²) >= 11 is 0. The number of nitrogens with zero attached hydrogens (tertiary/aromatic N) is 1. The van der Waals surface area contributed by atoms with Crippen LogP contribution in [0.4, 0.5) is 0 Å². The number of carbonyl (C=O) groups excluding carboxylic acids is 5. The van der Waals surface area contributed by atoms with E-state index in [2.05, 4.69) is 10.6 Å². The van der Waals surface area contributed by atoms with Gasteiger partial charge < -0.3 is 39.4 Å². The maximum absolute atomic E-state index is 13.9. The van der Waals surface area contributed by atoms with Gasteiger partial charge in [-0.15, -0.1) is 0 Å². The maximum atomic E-state index is 13.9. The first-order valence-corrected chi connectivity index (χ1v) is 15.2. The summed E-state index contributed by atoms with van der Waals surface area (Å²) in [7, 11) is 0. The highest BCUT2D eigenvalue weighted by atomic mass is 16.8. The molecule has 4 heterocycles. The molecule has 1 aliphatic carbocycles. The highest BCUT2D eigenvalue weighted by molar-refractivity contribution is 5.94. The van der Waals surface area contributed by atoms with Crippen molar-refractivity contribution in [2.24, 2.45) is 10.8 Å². The standard InChI is InChI=1S/C31H37N3O12/c1-30(2)15-41-28(39)26(30)45-21(37)8-7-17-3-5-18(6-4-17)14-34-24-27(38)44-19-13-31(24,25(46-34)23-22(19)42-16-43-23)29(40)33-10-9-20(36)32-11-12-35/h3-8,19,22-26,35H,9-16H2,1-2H3,(H,32,36)(H,33,40)/t19-,22+,23+,24+,25-,26+,31+/m1/s1. The zero-order valence-electron chi connectivity index (χ0n) is 25.5. The Kier molecular flexibility index (Phi) is 8.87. The summed E-state index contributed by atoms with van der Waals surface area (Å²) in [5.74, 6) is -2.63. The molecule has 3 N–H and O–H groups in total. The van der Waals surface area contributed by atoms with E-state index >= 15 is 0 Å². The molecule has 5 fully saturated rings. The molecule has 1 aromatic carbocycles. The summed E-state index contributed by atoms with van der Waals surface area (Å²) in [4.78, 5) is 70.0. The van der Waals surface area contributed by atoms with Crippen LogP contribution in [0, 0.1) is 10.8 Å². The third kappa shape index (κ3) is 5.88. The van der Waals surface area contributed by atoms with E-state index in [1.165, 1.54) is 11.1 Å².